The molecule has 1 heterocycles. The number of alkyl halides is 3. The summed E-state index contributed by atoms with van der Waals surface area (Å²) in [6, 6.07) is 4.87. The van der Waals surface area contributed by atoms with Gasteiger partial charge >= 0.3 is 6.18 Å². The number of thiocarbonyl (C=S) groups is 1. The molecule has 1 aromatic heterocycles. The van der Waals surface area contributed by atoms with Crippen molar-refractivity contribution in [1.29, 1.82) is 0 Å². The zero-order valence-corrected chi connectivity index (χ0v) is 12.7. The molecule has 0 fully saturated rings. The summed E-state index contributed by atoms with van der Waals surface area (Å²) in [7, 11) is 0. The third kappa shape index (κ3) is 3.92. The van der Waals surface area contributed by atoms with E-state index in [1.807, 2.05) is 0 Å². The van der Waals surface area contributed by atoms with Crippen LogP contribution in [0.5, 0.6) is 11.5 Å². The molecule has 0 atom stereocenters. The Balaban J connectivity index is 2.39. The van der Waals surface area contributed by atoms with Gasteiger partial charge in [-0.1, -0.05) is 12.2 Å². The second-order valence-corrected chi connectivity index (χ2v) is 5.37. The molecule has 2 N–H and O–H groups in total. The van der Waals surface area contributed by atoms with Gasteiger partial charge in [0.2, 0.25) is 0 Å². The van der Waals surface area contributed by atoms with Crippen LogP contribution < -0.4 is 10.5 Å². The van der Waals surface area contributed by atoms with Crippen LogP contribution >= 0.6 is 28.1 Å². The molecule has 8 heteroatoms. The molecule has 0 amide bonds. The smallest absolute Gasteiger partial charge is 0.417 e. The Labute approximate surface area is 132 Å². The summed E-state index contributed by atoms with van der Waals surface area (Å²) in [5.41, 5.74) is 4.18. The standard InChI is InChI=1S/C13H8BrF3N2OS/c14-7-3-9(6-19-5-7)20-8-1-2-11(13(15,16)17)10(4-8)12(18)21/h1-6H,(H2,18,21). The van der Waals surface area contributed by atoms with Gasteiger partial charge in [-0.3, -0.25) is 4.98 Å². The molecular formula is C13H8BrF3N2OS. The lowest BCUT2D eigenvalue weighted by Gasteiger charge is -2.14. The van der Waals surface area contributed by atoms with Crippen molar-refractivity contribution in [3.05, 3.63) is 52.3 Å². The highest BCUT2D eigenvalue weighted by atomic mass is 79.9. The van der Waals surface area contributed by atoms with Crippen molar-refractivity contribution in [2.24, 2.45) is 5.73 Å². The van der Waals surface area contributed by atoms with Gasteiger partial charge < -0.3 is 10.5 Å². The molecule has 0 aliphatic carbocycles. The molecule has 1 aromatic carbocycles. The third-order valence-corrected chi connectivity index (χ3v) is 3.13. The zero-order chi connectivity index (χ0) is 15.6. The van der Waals surface area contributed by atoms with Gasteiger partial charge in [0.15, 0.2) is 0 Å². The van der Waals surface area contributed by atoms with E-state index in [0.29, 0.717) is 10.2 Å². The minimum absolute atomic E-state index is 0.186. The van der Waals surface area contributed by atoms with E-state index in [9.17, 15) is 13.2 Å². The highest BCUT2D eigenvalue weighted by Gasteiger charge is 2.34. The molecule has 0 aliphatic heterocycles. The number of rotatable bonds is 3. The summed E-state index contributed by atoms with van der Waals surface area (Å²) < 4.78 is 44.7. The number of halogens is 4. The summed E-state index contributed by atoms with van der Waals surface area (Å²) in [5.74, 6) is 0.559. The molecule has 0 aliphatic rings. The lowest BCUT2D eigenvalue weighted by atomic mass is 10.1. The minimum atomic E-state index is -4.53. The molecule has 0 unspecified atom stereocenters. The van der Waals surface area contributed by atoms with Crippen molar-refractivity contribution in [3.8, 4) is 11.5 Å². The van der Waals surface area contributed by atoms with E-state index in [0.717, 1.165) is 12.1 Å². The maximum absolute atomic E-state index is 12.8. The van der Waals surface area contributed by atoms with Crippen LogP contribution in [0.25, 0.3) is 0 Å². The molecule has 0 bridgehead atoms. The van der Waals surface area contributed by atoms with Gasteiger partial charge in [0, 0.05) is 16.2 Å². The van der Waals surface area contributed by atoms with Crippen molar-refractivity contribution < 1.29 is 17.9 Å². The predicted molar refractivity (Wildman–Crippen MR) is 79.3 cm³/mol. The first-order valence-electron chi connectivity index (χ1n) is 5.57. The number of hydrogen-bond donors (Lipinski definition) is 1. The molecule has 0 saturated carbocycles. The SMILES string of the molecule is NC(=S)c1cc(Oc2cncc(Br)c2)ccc1C(F)(F)F. The van der Waals surface area contributed by atoms with Crippen LogP contribution in [0.2, 0.25) is 0 Å². The van der Waals surface area contributed by atoms with Crippen LogP contribution in [0.4, 0.5) is 13.2 Å². The Kier molecular flexibility index (Phi) is 4.48. The number of hydrogen-bond acceptors (Lipinski definition) is 3. The van der Waals surface area contributed by atoms with Crippen molar-refractivity contribution in [2.45, 2.75) is 6.18 Å². The Morgan fingerprint density at radius 1 is 1.19 bits per heavy atom. The number of benzene rings is 1. The Hall–Kier alpha value is -1.67. The molecule has 110 valence electrons. The molecule has 0 saturated heterocycles. The summed E-state index contributed by atoms with van der Waals surface area (Å²) in [6.45, 7) is 0. The molecular weight excluding hydrogens is 369 g/mol. The molecule has 2 aromatic rings. The van der Waals surface area contributed by atoms with Gasteiger partial charge in [-0.25, -0.2) is 0 Å². The van der Waals surface area contributed by atoms with Crippen LogP contribution in [0.15, 0.2) is 41.1 Å². The zero-order valence-electron chi connectivity index (χ0n) is 10.3. The minimum Gasteiger partial charge on any atom is -0.456 e. The van der Waals surface area contributed by atoms with E-state index in [1.165, 1.54) is 12.3 Å². The van der Waals surface area contributed by atoms with Crippen molar-refractivity contribution in [1.82, 2.24) is 4.98 Å². The van der Waals surface area contributed by atoms with Crippen molar-refractivity contribution >= 4 is 33.1 Å². The number of aromatic nitrogens is 1. The number of pyridine rings is 1. The number of nitrogens with two attached hydrogens (primary N) is 1. The highest BCUT2D eigenvalue weighted by Crippen LogP contribution is 2.34. The van der Waals surface area contributed by atoms with Crippen LogP contribution in [0.1, 0.15) is 11.1 Å². The average molecular weight is 377 g/mol. The first-order valence-corrected chi connectivity index (χ1v) is 6.77. The van der Waals surface area contributed by atoms with Crippen LogP contribution in [-0.2, 0) is 6.18 Å². The van der Waals surface area contributed by atoms with E-state index in [-0.39, 0.29) is 16.3 Å². The van der Waals surface area contributed by atoms with Gasteiger partial charge in [-0.15, -0.1) is 0 Å². The van der Waals surface area contributed by atoms with E-state index < -0.39 is 11.7 Å². The van der Waals surface area contributed by atoms with Gasteiger partial charge in [0.05, 0.1) is 11.8 Å². The number of nitrogens with zero attached hydrogens (tertiary/aromatic N) is 1. The van der Waals surface area contributed by atoms with E-state index in [4.69, 9.17) is 10.5 Å². The summed E-state index contributed by atoms with van der Waals surface area (Å²) >= 11 is 7.88. The maximum Gasteiger partial charge on any atom is 0.417 e. The first-order chi connectivity index (χ1) is 9.77. The topological polar surface area (TPSA) is 48.1 Å². The lowest BCUT2D eigenvalue weighted by molar-refractivity contribution is -0.137. The Morgan fingerprint density at radius 3 is 2.48 bits per heavy atom. The van der Waals surface area contributed by atoms with Gasteiger partial charge in [-0.05, 0) is 40.2 Å². The van der Waals surface area contributed by atoms with E-state index in [1.54, 1.807) is 12.3 Å². The Morgan fingerprint density at radius 2 is 1.90 bits per heavy atom. The fourth-order valence-corrected chi connectivity index (χ4v) is 2.13. The highest BCUT2D eigenvalue weighted by molar-refractivity contribution is 9.10. The van der Waals surface area contributed by atoms with Crippen LogP contribution in [-0.4, -0.2) is 9.97 Å². The van der Waals surface area contributed by atoms with Crippen LogP contribution in [0.3, 0.4) is 0 Å². The predicted octanol–water partition coefficient (Wildman–Crippen LogP) is 4.29. The average Bonchev–Trinajstić information content (AvgIpc) is 2.37. The fourth-order valence-electron chi connectivity index (χ4n) is 1.62. The van der Waals surface area contributed by atoms with E-state index >= 15 is 0 Å². The third-order valence-electron chi connectivity index (χ3n) is 2.48. The molecule has 2 rings (SSSR count). The maximum atomic E-state index is 12.8. The largest absolute Gasteiger partial charge is 0.456 e. The summed E-state index contributed by atoms with van der Waals surface area (Å²) in [6.07, 6.45) is -1.54. The van der Waals surface area contributed by atoms with E-state index in [2.05, 4.69) is 33.1 Å². The first kappa shape index (κ1) is 15.7. The summed E-state index contributed by atoms with van der Waals surface area (Å²) in [4.78, 5) is 3.55. The quantitative estimate of drug-likeness (QED) is 0.811. The fraction of sp³-hybridized carbons (Fsp3) is 0.0769. The Bertz CT molecular complexity index is 691. The molecule has 0 spiro atoms. The van der Waals surface area contributed by atoms with Crippen molar-refractivity contribution in [3.63, 3.8) is 0 Å². The van der Waals surface area contributed by atoms with Gasteiger partial charge in [0.1, 0.15) is 16.5 Å². The molecule has 0 radical (unpaired) electrons. The second-order valence-electron chi connectivity index (χ2n) is 4.01. The monoisotopic (exact) mass is 376 g/mol. The second kappa shape index (κ2) is 5.98. The molecule has 21 heavy (non-hydrogen) atoms. The van der Waals surface area contributed by atoms with Crippen LogP contribution in [0, 0.1) is 0 Å². The summed E-state index contributed by atoms with van der Waals surface area (Å²) in [5, 5.41) is 0. The van der Waals surface area contributed by atoms with Crippen molar-refractivity contribution in [2.75, 3.05) is 0 Å². The molecule has 3 nitrogen and oxygen atoms in total. The van der Waals surface area contributed by atoms with Gasteiger partial charge in [-0.2, -0.15) is 13.2 Å². The van der Waals surface area contributed by atoms with Gasteiger partial charge in [0.25, 0.3) is 0 Å². The lowest BCUT2D eigenvalue weighted by Crippen LogP contribution is -2.17. The number of ether oxygens (including phenoxy) is 1. The normalized spacial score (nSPS) is 11.2.